The van der Waals surface area contributed by atoms with Crippen LogP contribution in [0.4, 0.5) is 5.69 Å². The lowest BCUT2D eigenvalue weighted by Gasteiger charge is -2.27. The summed E-state index contributed by atoms with van der Waals surface area (Å²) >= 11 is 0. The van der Waals surface area contributed by atoms with Crippen molar-refractivity contribution in [3.8, 4) is 0 Å². The van der Waals surface area contributed by atoms with Gasteiger partial charge in [0.2, 0.25) is 11.8 Å². The molecule has 0 aliphatic carbocycles. The molecule has 1 fully saturated rings. The number of nitrogens with zero attached hydrogens (tertiary/aromatic N) is 2. The third-order valence-electron chi connectivity index (χ3n) is 5.53. The van der Waals surface area contributed by atoms with E-state index < -0.39 is 35.6 Å². The molecule has 2 aliphatic rings. The third-order valence-corrected chi connectivity index (χ3v) is 5.53. The van der Waals surface area contributed by atoms with Gasteiger partial charge in [0.15, 0.2) is 0 Å². The number of imide groups is 2. The number of benzene rings is 1. The Balaban J connectivity index is 1.46. The van der Waals surface area contributed by atoms with Gasteiger partial charge in [0.05, 0.1) is 11.1 Å². The molecular weight excluding hydrogens is 414 g/mol. The fourth-order valence-electron chi connectivity index (χ4n) is 4.03. The van der Waals surface area contributed by atoms with Gasteiger partial charge in [-0.25, -0.2) is 0 Å². The number of aromatic nitrogens is 1. The first-order valence-corrected chi connectivity index (χ1v) is 10.2. The van der Waals surface area contributed by atoms with Crippen molar-refractivity contribution >= 4 is 35.2 Å². The zero-order chi connectivity index (χ0) is 22.8. The van der Waals surface area contributed by atoms with Crippen LogP contribution in [0.1, 0.15) is 56.0 Å². The molecule has 2 aliphatic heterocycles. The number of pyridine rings is 1. The number of nitrogens with two attached hydrogens (primary N) is 1. The molecule has 5 amide bonds. The van der Waals surface area contributed by atoms with Crippen molar-refractivity contribution in [1.82, 2.24) is 15.2 Å². The van der Waals surface area contributed by atoms with E-state index in [0.717, 1.165) is 10.5 Å². The van der Waals surface area contributed by atoms with Crippen LogP contribution in [0.25, 0.3) is 0 Å². The van der Waals surface area contributed by atoms with Crippen LogP contribution < -0.4 is 16.4 Å². The minimum absolute atomic E-state index is 0.0660. The molecule has 4 rings (SSSR count). The van der Waals surface area contributed by atoms with Crippen LogP contribution in [0.15, 0.2) is 36.5 Å². The number of primary amides is 1. The Morgan fingerprint density at radius 2 is 1.97 bits per heavy atom. The summed E-state index contributed by atoms with van der Waals surface area (Å²) in [5, 5.41) is 5.35. The maximum Gasteiger partial charge on any atom is 0.267 e. The van der Waals surface area contributed by atoms with Crippen molar-refractivity contribution in [1.29, 1.82) is 0 Å². The minimum atomic E-state index is -1.01. The topological polar surface area (TPSA) is 152 Å². The largest absolute Gasteiger partial charge is 0.384 e. The number of rotatable bonds is 7. The predicted molar refractivity (Wildman–Crippen MR) is 113 cm³/mol. The Kier molecular flexibility index (Phi) is 5.67. The molecule has 32 heavy (non-hydrogen) atoms. The van der Waals surface area contributed by atoms with Gasteiger partial charge in [-0.3, -0.25) is 39.2 Å². The Morgan fingerprint density at radius 3 is 2.72 bits per heavy atom. The zero-order valence-electron chi connectivity index (χ0n) is 17.1. The zero-order valence-corrected chi connectivity index (χ0v) is 17.1. The van der Waals surface area contributed by atoms with E-state index in [-0.39, 0.29) is 29.7 Å². The van der Waals surface area contributed by atoms with Crippen molar-refractivity contribution in [2.45, 2.75) is 31.7 Å². The Labute approximate surface area is 183 Å². The summed E-state index contributed by atoms with van der Waals surface area (Å²) in [6.45, 7) is 0.462. The van der Waals surface area contributed by atoms with E-state index in [1.807, 2.05) is 0 Å². The molecule has 1 unspecified atom stereocenters. The average Bonchev–Trinajstić information content (AvgIpc) is 3.02. The van der Waals surface area contributed by atoms with Gasteiger partial charge in [-0.2, -0.15) is 0 Å². The van der Waals surface area contributed by atoms with Crippen molar-refractivity contribution in [2.24, 2.45) is 5.73 Å². The highest BCUT2D eigenvalue weighted by Crippen LogP contribution is 2.32. The number of carbonyl (C=O) groups excluding carboxylic acids is 5. The molecule has 1 atom stereocenters. The standard InChI is InChI=1S/C22H21N5O5/c23-19(29)18-12(5-3-11-25-18)4-2-10-24-14-7-1-6-13-17(14)22(32)27(21(13)31)15-8-9-16(28)26-20(15)30/h1,3,5-7,11,15,24H,2,4,8-10H2,(H2,23,29)(H,26,28,30). The van der Waals surface area contributed by atoms with E-state index in [2.05, 4.69) is 15.6 Å². The molecule has 10 nitrogen and oxygen atoms in total. The highest BCUT2D eigenvalue weighted by atomic mass is 16.2. The highest BCUT2D eigenvalue weighted by Gasteiger charge is 2.45. The molecule has 0 spiro atoms. The second-order valence-electron chi connectivity index (χ2n) is 7.58. The number of amides is 5. The van der Waals surface area contributed by atoms with Gasteiger partial charge < -0.3 is 11.1 Å². The smallest absolute Gasteiger partial charge is 0.267 e. The molecule has 4 N–H and O–H groups in total. The summed E-state index contributed by atoms with van der Waals surface area (Å²) in [4.78, 5) is 66.0. The van der Waals surface area contributed by atoms with Crippen LogP contribution in [0.3, 0.4) is 0 Å². The lowest BCUT2D eigenvalue weighted by molar-refractivity contribution is -0.136. The van der Waals surface area contributed by atoms with Gasteiger partial charge in [0.1, 0.15) is 11.7 Å². The number of aryl methyl sites for hydroxylation is 1. The van der Waals surface area contributed by atoms with Gasteiger partial charge in [0.25, 0.3) is 17.7 Å². The van der Waals surface area contributed by atoms with Gasteiger partial charge in [-0.15, -0.1) is 0 Å². The highest BCUT2D eigenvalue weighted by molar-refractivity contribution is 6.25. The molecule has 0 saturated carbocycles. The summed E-state index contributed by atoms with van der Waals surface area (Å²) in [5.74, 6) is -2.77. The van der Waals surface area contributed by atoms with Crippen LogP contribution in [-0.2, 0) is 16.0 Å². The molecule has 10 heteroatoms. The first-order valence-electron chi connectivity index (χ1n) is 10.2. The maximum atomic E-state index is 13.1. The fraction of sp³-hybridized carbons (Fsp3) is 0.273. The summed E-state index contributed by atoms with van der Waals surface area (Å²) in [6, 6.07) is 7.40. The first-order chi connectivity index (χ1) is 15.4. The molecule has 1 saturated heterocycles. The van der Waals surface area contributed by atoms with Gasteiger partial charge >= 0.3 is 0 Å². The summed E-state index contributed by atoms with van der Waals surface area (Å²) in [6.07, 6.45) is 2.84. The van der Waals surface area contributed by atoms with Crippen LogP contribution in [0.2, 0.25) is 0 Å². The number of nitrogens with one attached hydrogen (secondary N) is 2. The number of fused-ring (bicyclic) bond motifs is 1. The van der Waals surface area contributed by atoms with E-state index in [1.165, 1.54) is 6.20 Å². The predicted octanol–water partition coefficient (Wildman–Crippen LogP) is 0.626. The Morgan fingerprint density at radius 1 is 1.16 bits per heavy atom. The number of piperidine rings is 1. The molecule has 1 aromatic heterocycles. The third kappa shape index (κ3) is 3.82. The van der Waals surface area contributed by atoms with Crippen molar-refractivity contribution < 1.29 is 24.0 Å². The van der Waals surface area contributed by atoms with Crippen LogP contribution in [0.5, 0.6) is 0 Å². The second kappa shape index (κ2) is 8.58. The summed E-state index contributed by atoms with van der Waals surface area (Å²) in [5.41, 5.74) is 7.22. The fourth-order valence-corrected chi connectivity index (χ4v) is 4.03. The van der Waals surface area contributed by atoms with E-state index >= 15 is 0 Å². The minimum Gasteiger partial charge on any atom is -0.384 e. The average molecular weight is 435 g/mol. The first kappa shape index (κ1) is 21.2. The quantitative estimate of drug-likeness (QED) is 0.426. The summed E-state index contributed by atoms with van der Waals surface area (Å²) < 4.78 is 0. The lowest BCUT2D eigenvalue weighted by atomic mass is 10.0. The number of carbonyl (C=O) groups is 5. The van der Waals surface area contributed by atoms with Crippen LogP contribution in [-0.4, -0.2) is 52.0 Å². The van der Waals surface area contributed by atoms with E-state index in [1.54, 1.807) is 30.3 Å². The molecule has 1 aromatic carbocycles. The van der Waals surface area contributed by atoms with Gasteiger partial charge in [-0.05, 0) is 43.0 Å². The molecule has 0 radical (unpaired) electrons. The molecule has 164 valence electrons. The van der Waals surface area contributed by atoms with Crippen molar-refractivity contribution in [3.05, 3.63) is 58.9 Å². The second-order valence-corrected chi connectivity index (χ2v) is 7.58. The lowest BCUT2D eigenvalue weighted by Crippen LogP contribution is -2.54. The number of anilines is 1. The van der Waals surface area contributed by atoms with E-state index in [9.17, 15) is 24.0 Å². The van der Waals surface area contributed by atoms with E-state index in [4.69, 9.17) is 5.73 Å². The maximum absolute atomic E-state index is 13.1. The van der Waals surface area contributed by atoms with E-state index in [0.29, 0.717) is 25.1 Å². The van der Waals surface area contributed by atoms with Crippen LogP contribution in [0, 0.1) is 0 Å². The number of hydrogen-bond acceptors (Lipinski definition) is 7. The summed E-state index contributed by atoms with van der Waals surface area (Å²) in [7, 11) is 0. The van der Waals surface area contributed by atoms with Crippen LogP contribution >= 0.6 is 0 Å². The van der Waals surface area contributed by atoms with Gasteiger partial charge in [0, 0.05) is 24.8 Å². The molecule has 2 aromatic rings. The SMILES string of the molecule is NC(=O)c1ncccc1CCCNc1cccc2c1C(=O)N(C1CCC(=O)NC1=O)C2=O. The van der Waals surface area contributed by atoms with Gasteiger partial charge in [-0.1, -0.05) is 12.1 Å². The Hall–Kier alpha value is -4.08. The van der Waals surface area contributed by atoms with Crippen molar-refractivity contribution in [3.63, 3.8) is 0 Å². The van der Waals surface area contributed by atoms with Crippen molar-refractivity contribution in [2.75, 3.05) is 11.9 Å². The normalized spacial score (nSPS) is 17.9. The Bertz CT molecular complexity index is 1150. The number of hydrogen-bond donors (Lipinski definition) is 3. The molecular formula is C22H21N5O5. The molecule has 0 bridgehead atoms. The molecule has 3 heterocycles. The monoisotopic (exact) mass is 435 g/mol.